The van der Waals surface area contributed by atoms with Crippen molar-refractivity contribution in [2.45, 2.75) is 39.7 Å². The van der Waals surface area contributed by atoms with E-state index in [9.17, 15) is 9.18 Å². The van der Waals surface area contributed by atoms with Gasteiger partial charge in [-0.3, -0.25) is 4.79 Å². The Morgan fingerprint density at radius 2 is 1.88 bits per heavy atom. The van der Waals surface area contributed by atoms with Crippen molar-refractivity contribution in [3.05, 3.63) is 59.5 Å². The number of nitrogens with zero attached hydrogens (tertiary/aromatic N) is 2. The number of aromatic nitrogens is 1. The quantitative estimate of drug-likeness (QED) is 0.641. The zero-order valence-electron chi connectivity index (χ0n) is 15.8. The van der Waals surface area contributed by atoms with Crippen molar-refractivity contribution in [1.29, 1.82) is 0 Å². The van der Waals surface area contributed by atoms with Crippen molar-refractivity contribution in [2.24, 2.45) is 0 Å². The molecule has 1 aromatic heterocycles. The molecule has 0 radical (unpaired) electrons. The number of anilines is 1. The largest absolute Gasteiger partial charge is 0.367 e. The molecule has 4 nitrogen and oxygen atoms in total. The molecular weight excluding hydrogens is 329 g/mol. The second kappa shape index (κ2) is 10.0. The van der Waals surface area contributed by atoms with Crippen molar-refractivity contribution < 1.29 is 9.18 Å². The van der Waals surface area contributed by atoms with Crippen LogP contribution in [-0.4, -0.2) is 41.3 Å². The normalized spacial score (nSPS) is 12.2. The lowest BCUT2D eigenvalue weighted by atomic mass is 10.0. The number of hydrogen-bond donors (Lipinski definition) is 1. The van der Waals surface area contributed by atoms with E-state index in [4.69, 9.17) is 0 Å². The van der Waals surface area contributed by atoms with Gasteiger partial charge in [-0.05, 0) is 75.8 Å². The van der Waals surface area contributed by atoms with Crippen molar-refractivity contribution in [2.75, 3.05) is 25.0 Å². The SMILES string of the molecule is CCN(CC)CCCC(C)Nc1ncccc1C(=O)c1ccc(F)cc1. The first-order valence-electron chi connectivity index (χ1n) is 9.29. The molecule has 0 aliphatic rings. The number of halogens is 1. The molecule has 0 aliphatic carbocycles. The third kappa shape index (κ3) is 5.63. The summed E-state index contributed by atoms with van der Waals surface area (Å²) in [6.07, 6.45) is 3.76. The Bertz CT molecular complexity index is 699. The van der Waals surface area contributed by atoms with Crippen LogP contribution in [-0.2, 0) is 0 Å². The van der Waals surface area contributed by atoms with Crippen LogP contribution in [0.1, 0.15) is 49.5 Å². The van der Waals surface area contributed by atoms with E-state index in [1.54, 1.807) is 18.3 Å². The van der Waals surface area contributed by atoms with Crippen molar-refractivity contribution in [1.82, 2.24) is 9.88 Å². The molecule has 0 saturated carbocycles. The van der Waals surface area contributed by atoms with Gasteiger partial charge in [0.15, 0.2) is 5.78 Å². The minimum atomic E-state index is -0.354. The predicted molar refractivity (Wildman–Crippen MR) is 104 cm³/mol. The molecule has 0 amide bonds. The number of benzene rings is 1. The lowest BCUT2D eigenvalue weighted by Gasteiger charge is -2.20. The molecule has 26 heavy (non-hydrogen) atoms. The molecule has 2 rings (SSSR count). The Morgan fingerprint density at radius 1 is 1.19 bits per heavy atom. The van der Waals surface area contributed by atoms with Gasteiger partial charge in [-0.2, -0.15) is 0 Å². The van der Waals surface area contributed by atoms with E-state index < -0.39 is 0 Å². The number of rotatable bonds is 10. The fourth-order valence-electron chi connectivity index (χ4n) is 2.93. The zero-order valence-corrected chi connectivity index (χ0v) is 15.8. The predicted octanol–water partition coefficient (Wildman–Crippen LogP) is 4.37. The van der Waals surface area contributed by atoms with Crippen molar-refractivity contribution in [3.8, 4) is 0 Å². The molecular formula is C21H28FN3O. The third-order valence-corrected chi connectivity index (χ3v) is 4.55. The number of nitrogens with one attached hydrogen (secondary N) is 1. The Balaban J connectivity index is 2.02. The van der Waals surface area contributed by atoms with Gasteiger partial charge in [-0.1, -0.05) is 13.8 Å². The van der Waals surface area contributed by atoms with Gasteiger partial charge in [0.05, 0.1) is 5.56 Å². The molecule has 1 N–H and O–H groups in total. The first-order chi connectivity index (χ1) is 12.5. The van der Waals surface area contributed by atoms with Crippen LogP contribution in [0, 0.1) is 5.82 Å². The minimum Gasteiger partial charge on any atom is -0.367 e. The van der Waals surface area contributed by atoms with Gasteiger partial charge < -0.3 is 10.2 Å². The van der Waals surface area contributed by atoms with E-state index in [1.165, 1.54) is 24.3 Å². The standard InChI is InChI=1S/C21H28FN3O/c1-4-25(5-2)15-7-8-16(3)24-21-19(9-6-14-23-21)20(26)17-10-12-18(22)13-11-17/h6,9-14,16H,4-5,7-8,15H2,1-3H3,(H,23,24). The molecule has 0 saturated heterocycles. The topological polar surface area (TPSA) is 45.2 Å². The van der Waals surface area contributed by atoms with E-state index in [0.29, 0.717) is 16.9 Å². The van der Waals surface area contributed by atoms with Gasteiger partial charge in [0.2, 0.25) is 0 Å². The number of carbonyl (C=O) groups is 1. The summed E-state index contributed by atoms with van der Waals surface area (Å²) in [4.78, 5) is 19.5. The zero-order chi connectivity index (χ0) is 18.9. The van der Waals surface area contributed by atoms with Gasteiger partial charge in [0.25, 0.3) is 0 Å². The van der Waals surface area contributed by atoms with Crippen molar-refractivity contribution in [3.63, 3.8) is 0 Å². The maximum Gasteiger partial charge on any atom is 0.196 e. The lowest BCUT2D eigenvalue weighted by molar-refractivity contribution is 0.103. The molecule has 0 aliphatic heterocycles. The molecule has 1 aromatic carbocycles. The van der Waals surface area contributed by atoms with Crippen LogP contribution in [0.5, 0.6) is 0 Å². The summed E-state index contributed by atoms with van der Waals surface area (Å²) >= 11 is 0. The van der Waals surface area contributed by atoms with Crippen LogP contribution >= 0.6 is 0 Å². The highest BCUT2D eigenvalue weighted by molar-refractivity contribution is 6.11. The van der Waals surface area contributed by atoms with Gasteiger partial charge in [0, 0.05) is 17.8 Å². The van der Waals surface area contributed by atoms with E-state index >= 15 is 0 Å². The Labute approximate surface area is 155 Å². The van der Waals surface area contributed by atoms with E-state index in [1.807, 2.05) is 0 Å². The van der Waals surface area contributed by atoms with Crippen molar-refractivity contribution >= 4 is 11.6 Å². The molecule has 1 heterocycles. The Morgan fingerprint density at radius 3 is 2.54 bits per heavy atom. The summed E-state index contributed by atoms with van der Waals surface area (Å²) in [5, 5.41) is 3.36. The average Bonchev–Trinajstić information content (AvgIpc) is 2.66. The highest BCUT2D eigenvalue weighted by Crippen LogP contribution is 2.19. The van der Waals surface area contributed by atoms with Gasteiger partial charge in [-0.15, -0.1) is 0 Å². The maximum atomic E-state index is 13.1. The first-order valence-corrected chi connectivity index (χ1v) is 9.29. The Hall–Kier alpha value is -2.27. The van der Waals surface area contributed by atoms with Gasteiger partial charge in [0.1, 0.15) is 11.6 Å². The first kappa shape index (κ1) is 20.0. The van der Waals surface area contributed by atoms with E-state index in [2.05, 4.69) is 36.0 Å². The molecule has 0 spiro atoms. The lowest BCUT2D eigenvalue weighted by Crippen LogP contribution is -2.26. The third-order valence-electron chi connectivity index (χ3n) is 4.55. The summed E-state index contributed by atoms with van der Waals surface area (Å²) in [5.74, 6) is 0.0704. The van der Waals surface area contributed by atoms with Crippen LogP contribution in [0.4, 0.5) is 10.2 Å². The molecule has 1 unspecified atom stereocenters. The fraction of sp³-hybridized carbons (Fsp3) is 0.429. The highest BCUT2D eigenvalue weighted by atomic mass is 19.1. The molecule has 2 aromatic rings. The molecule has 5 heteroatoms. The molecule has 1 atom stereocenters. The second-order valence-electron chi connectivity index (χ2n) is 6.45. The van der Waals surface area contributed by atoms with Crippen LogP contribution in [0.3, 0.4) is 0 Å². The van der Waals surface area contributed by atoms with Crippen LogP contribution < -0.4 is 5.32 Å². The minimum absolute atomic E-state index is 0.157. The summed E-state index contributed by atoms with van der Waals surface area (Å²) in [6.45, 7) is 9.65. The maximum absolute atomic E-state index is 13.1. The van der Waals surface area contributed by atoms with E-state index in [0.717, 1.165) is 32.5 Å². The van der Waals surface area contributed by atoms with Crippen LogP contribution in [0.15, 0.2) is 42.6 Å². The number of ketones is 1. The van der Waals surface area contributed by atoms with Crippen LogP contribution in [0.25, 0.3) is 0 Å². The highest BCUT2D eigenvalue weighted by Gasteiger charge is 2.16. The average molecular weight is 357 g/mol. The summed E-state index contributed by atoms with van der Waals surface area (Å²) < 4.78 is 13.1. The smallest absolute Gasteiger partial charge is 0.196 e. The number of hydrogen-bond acceptors (Lipinski definition) is 4. The summed E-state index contributed by atoms with van der Waals surface area (Å²) in [6, 6.07) is 9.31. The second-order valence-corrected chi connectivity index (χ2v) is 6.45. The van der Waals surface area contributed by atoms with Gasteiger partial charge >= 0.3 is 0 Å². The van der Waals surface area contributed by atoms with Crippen LogP contribution in [0.2, 0.25) is 0 Å². The molecule has 140 valence electrons. The summed E-state index contributed by atoms with van der Waals surface area (Å²) in [7, 11) is 0. The fourth-order valence-corrected chi connectivity index (χ4v) is 2.93. The molecule has 0 fully saturated rings. The number of pyridine rings is 1. The number of carbonyl (C=O) groups excluding carboxylic acids is 1. The summed E-state index contributed by atoms with van der Waals surface area (Å²) in [5.41, 5.74) is 0.964. The monoisotopic (exact) mass is 357 g/mol. The van der Waals surface area contributed by atoms with E-state index in [-0.39, 0.29) is 17.6 Å². The van der Waals surface area contributed by atoms with Gasteiger partial charge in [-0.25, -0.2) is 9.37 Å². The molecule has 0 bridgehead atoms. The Kier molecular flexibility index (Phi) is 7.73.